The van der Waals surface area contributed by atoms with Crippen LogP contribution in [-0.2, 0) is 4.79 Å². The molecule has 1 saturated heterocycles. The van der Waals surface area contributed by atoms with Gasteiger partial charge in [-0.2, -0.15) is 0 Å². The van der Waals surface area contributed by atoms with E-state index in [1.54, 1.807) is 11.8 Å². The lowest BCUT2D eigenvalue weighted by Crippen LogP contribution is -2.46. The maximum atomic E-state index is 12.4. The highest BCUT2D eigenvalue weighted by atomic mass is 32.2. The Bertz CT molecular complexity index is 768. The fraction of sp³-hybridized carbons (Fsp3) is 0.381. The normalized spacial score (nSPS) is 29.1. The van der Waals surface area contributed by atoms with Crippen molar-refractivity contribution in [3.63, 3.8) is 0 Å². The smallest absolute Gasteiger partial charge is 0.238 e. The molecule has 1 heterocycles. The molecule has 0 radical (unpaired) electrons. The molecule has 6 rings (SSSR count). The first-order chi connectivity index (χ1) is 12.3. The number of nitrogens with one attached hydrogen (secondary N) is 2. The van der Waals surface area contributed by atoms with Gasteiger partial charge in [0.15, 0.2) is 0 Å². The van der Waals surface area contributed by atoms with E-state index in [1.165, 1.54) is 22.3 Å². The van der Waals surface area contributed by atoms with Gasteiger partial charge in [0.25, 0.3) is 0 Å². The molecule has 2 aromatic rings. The summed E-state index contributed by atoms with van der Waals surface area (Å²) in [5.74, 6) is 3.28. The first-order valence-electron chi connectivity index (χ1n) is 9.09. The topological polar surface area (TPSA) is 41.1 Å². The molecule has 2 unspecified atom stereocenters. The van der Waals surface area contributed by atoms with Gasteiger partial charge in [0.05, 0.1) is 6.04 Å². The van der Waals surface area contributed by atoms with Gasteiger partial charge in [0, 0.05) is 30.0 Å². The van der Waals surface area contributed by atoms with Gasteiger partial charge in [0.1, 0.15) is 0 Å². The number of rotatable bonds is 3. The van der Waals surface area contributed by atoms with Gasteiger partial charge in [-0.3, -0.25) is 10.1 Å². The van der Waals surface area contributed by atoms with Crippen LogP contribution in [0.5, 0.6) is 0 Å². The molecule has 0 spiro atoms. The van der Waals surface area contributed by atoms with Crippen molar-refractivity contribution in [1.29, 1.82) is 0 Å². The fourth-order valence-electron chi connectivity index (χ4n) is 4.88. The highest BCUT2D eigenvalue weighted by Crippen LogP contribution is 2.55. The summed E-state index contributed by atoms with van der Waals surface area (Å²) in [7, 11) is 0. The molecule has 1 fully saturated rings. The molecule has 3 nitrogen and oxygen atoms in total. The Morgan fingerprint density at radius 3 is 2.28 bits per heavy atom. The highest BCUT2D eigenvalue weighted by Gasteiger charge is 2.43. The lowest BCUT2D eigenvalue weighted by molar-refractivity contribution is -0.122. The third kappa shape index (κ3) is 2.51. The second-order valence-electron chi connectivity index (χ2n) is 7.30. The molecular weight excluding hydrogens is 328 g/mol. The Hall–Kier alpha value is -1.78. The Kier molecular flexibility index (Phi) is 3.83. The quantitative estimate of drug-likeness (QED) is 0.894. The maximum Gasteiger partial charge on any atom is 0.238 e. The van der Waals surface area contributed by atoms with E-state index in [1.807, 2.05) is 0 Å². The summed E-state index contributed by atoms with van der Waals surface area (Å²) in [6, 6.07) is 17.7. The van der Waals surface area contributed by atoms with Crippen LogP contribution < -0.4 is 10.6 Å². The van der Waals surface area contributed by atoms with Crippen LogP contribution >= 0.6 is 11.8 Å². The summed E-state index contributed by atoms with van der Waals surface area (Å²) in [5, 5.41) is 6.49. The standard InChI is InChI=1S/C21H22N2OS/c24-21(19-11-25-12-23-19)22-10-13-9-18-14-5-1-3-7-16(14)20(13)17-8-4-2-6-15(17)18/h1-8,13,18-20,23H,9-12H2,(H,22,24). The third-order valence-electron chi connectivity index (χ3n) is 5.99. The summed E-state index contributed by atoms with van der Waals surface area (Å²) < 4.78 is 0. The van der Waals surface area contributed by atoms with Gasteiger partial charge in [-0.15, -0.1) is 11.8 Å². The van der Waals surface area contributed by atoms with Crippen LogP contribution in [0.4, 0.5) is 0 Å². The Balaban J connectivity index is 1.43. The summed E-state index contributed by atoms with van der Waals surface area (Å²) in [4.78, 5) is 12.4. The highest BCUT2D eigenvalue weighted by molar-refractivity contribution is 7.99. The van der Waals surface area contributed by atoms with E-state index in [0.29, 0.717) is 17.8 Å². The van der Waals surface area contributed by atoms with E-state index in [2.05, 4.69) is 59.2 Å². The average molecular weight is 350 g/mol. The van der Waals surface area contributed by atoms with Crippen molar-refractivity contribution >= 4 is 17.7 Å². The molecule has 2 aromatic carbocycles. The molecule has 2 bridgehead atoms. The van der Waals surface area contributed by atoms with Crippen LogP contribution in [0.25, 0.3) is 0 Å². The molecule has 4 heteroatoms. The third-order valence-corrected chi connectivity index (χ3v) is 6.93. The Morgan fingerprint density at radius 1 is 1.04 bits per heavy atom. The fourth-order valence-corrected chi connectivity index (χ4v) is 5.82. The van der Waals surface area contributed by atoms with E-state index in [-0.39, 0.29) is 11.9 Å². The molecule has 2 N–H and O–H groups in total. The molecule has 1 amide bonds. The largest absolute Gasteiger partial charge is 0.354 e. The predicted octanol–water partition coefficient (Wildman–Crippen LogP) is 3.06. The molecule has 3 aliphatic carbocycles. The van der Waals surface area contributed by atoms with E-state index < -0.39 is 0 Å². The van der Waals surface area contributed by atoms with Gasteiger partial charge >= 0.3 is 0 Å². The van der Waals surface area contributed by atoms with Gasteiger partial charge in [0.2, 0.25) is 5.91 Å². The van der Waals surface area contributed by atoms with Crippen molar-refractivity contribution in [2.75, 3.05) is 18.2 Å². The second kappa shape index (κ2) is 6.19. The van der Waals surface area contributed by atoms with E-state index in [4.69, 9.17) is 0 Å². The first kappa shape index (κ1) is 15.5. The van der Waals surface area contributed by atoms with Crippen LogP contribution in [0, 0.1) is 5.92 Å². The molecule has 4 aliphatic rings. The van der Waals surface area contributed by atoms with Crippen LogP contribution in [0.1, 0.15) is 40.5 Å². The van der Waals surface area contributed by atoms with Crippen LogP contribution in [0.2, 0.25) is 0 Å². The van der Waals surface area contributed by atoms with Crippen LogP contribution in [-0.4, -0.2) is 30.1 Å². The zero-order chi connectivity index (χ0) is 16.8. The van der Waals surface area contributed by atoms with Crippen molar-refractivity contribution in [3.05, 3.63) is 70.8 Å². The number of thioether (sulfide) groups is 1. The summed E-state index contributed by atoms with van der Waals surface area (Å²) >= 11 is 1.79. The zero-order valence-electron chi connectivity index (χ0n) is 14.1. The number of benzene rings is 2. The summed E-state index contributed by atoms with van der Waals surface area (Å²) in [6.45, 7) is 0.769. The number of carbonyl (C=O) groups is 1. The number of hydrogen-bond donors (Lipinski definition) is 2. The predicted molar refractivity (Wildman–Crippen MR) is 102 cm³/mol. The monoisotopic (exact) mass is 350 g/mol. The molecule has 0 saturated carbocycles. The van der Waals surface area contributed by atoms with E-state index in [0.717, 1.165) is 24.6 Å². The Labute approximate surface area is 152 Å². The van der Waals surface area contributed by atoms with Crippen LogP contribution in [0.3, 0.4) is 0 Å². The lowest BCUT2D eigenvalue weighted by Gasteiger charge is -2.45. The van der Waals surface area contributed by atoms with Gasteiger partial charge in [-0.25, -0.2) is 0 Å². The molecule has 1 aliphatic heterocycles. The molecule has 0 aromatic heterocycles. The van der Waals surface area contributed by atoms with Gasteiger partial charge < -0.3 is 5.32 Å². The maximum absolute atomic E-state index is 12.4. The van der Waals surface area contributed by atoms with Gasteiger partial charge in [-0.1, -0.05) is 48.5 Å². The van der Waals surface area contributed by atoms with Crippen molar-refractivity contribution in [1.82, 2.24) is 10.6 Å². The van der Waals surface area contributed by atoms with E-state index in [9.17, 15) is 4.79 Å². The Morgan fingerprint density at radius 2 is 1.68 bits per heavy atom. The lowest BCUT2D eigenvalue weighted by atomic mass is 9.59. The number of fused-ring (bicyclic) bond motifs is 1. The number of amides is 1. The molecule has 2 atom stereocenters. The molecule has 25 heavy (non-hydrogen) atoms. The minimum Gasteiger partial charge on any atom is -0.354 e. The molecule has 128 valence electrons. The van der Waals surface area contributed by atoms with Crippen molar-refractivity contribution in [3.8, 4) is 0 Å². The molecular formula is C21H22N2OS. The summed E-state index contributed by atoms with van der Waals surface area (Å²) in [6.07, 6.45) is 1.13. The SMILES string of the molecule is O=C(NCC1CC2c3ccccc3C1c1ccccc12)C1CSCN1. The number of carbonyl (C=O) groups excluding carboxylic acids is 1. The van der Waals surface area contributed by atoms with Crippen molar-refractivity contribution in [2.45, 2.75) is 24.3 Å². The summed E-state index contributed by atoms with van der Waals surface area (Å²) in [5.41, 5.74) is 5.91. The van der Waals surface area contributed by atoms with E-state index >= 15 is 0 Å². The van der Waals surface area contributed by atoms with Crippen molar-refractivity contribution in [2.24, 2.45) is 5.92 Å². The average Bonchev–Trinajstić information content (AvgIpc) is 3.21. The number of hydrogen-bond acceptors (Lipinski definition) is 3. The minimum atomic E-state index is -0.0228. The van der Waals surface area contributed by atoms with Gasteiger partial charge in [-0.05, 0) is 34.6 Å². The second-order valence-corrected chi connectivity index (χ2v) is 8.33. The zero-order valence-corrected chi connectivity index (χ0v) is 14.9. The van der Waals surface area contributed by atoms with Crippen molar-refractivity contribution < 1.29 is 4.79 Å². The van der Waals surface area contributed by atoms with Crippen LogP contribution in [0.15, 0.2) is 48.5 Å². The minimum absolute atomic E-state index is 0.0228. The first-order valence-corrected chi connectivity index (χ1v) is 10.2.